The molecule has 0 unspecified atom stereocenters. The molecule has 9 heteroatoms. The zero-order valence-electron chi connectivity index (χ0n) is 21.6. The van der Waals surface area contributed by atoms with Crippen LogP contribution in [0.25, 0.3) is 0 Å². The first kappa shape index (κ1) is 24.8. The lowest BCUT2D eigenvalue weighted by molar-refractivity contribution is 0.102. The SMILES string of the molecule is Cc1ccc(C(=O)Nc2ccc(Nc3nc(N4CCCCC4)nc(N4CCCCC4)n3)c(C)c2)c(O)c1. The molecular weight excluding hydrogens is 466 g/mol. The van der Waals surface area contributed by atoms with Gasteiger partial charge in [-0.1, -0.05) is 6.07 Å². The molecule has 2 fully saturated rings. The molecule has 37 heavy (non-hydrogen) atoms. The van der Waals surface area contributed by atoms with Crippen molar-refractivity contribution >= 4 is 35.1 Å². The number of aromatic nitrogens is 3. The third-order valence-corrected chi connectivity index (χ3v) is 7.02. The van der Waals surface area contributed by atoms with Crippen molar-refractivity contribution in [1.82, 2.24) is 15.0 Å². The van der Waals surface area contributed by atoms with E-state index >= 15 is 0 Å². The molecule has 5 rings (SSSR count). The van der Waals surface area contributed by atoms with Crippen LogP contribution in [0.2, 0.25) is 0 Å². The number of nitrogens with one attached hydrogen (secondary N) is 2. The van der Waals surface area contributed by atoms with Crippen molar-refractivity contribution in [2.45, 2.75) is 52.4 Å². The van der Waals surface area contributed by atoms with Crippen molar-refractivity contribution in [2.75, 3.05) is 46.6 Å². The molecule has 0 bridgehead atoms. The van der Waals surface area contributed by atoms with Crippen LogP contribution in [0.4, 0.5) is 29.2 Å². The van der Waals surface area contributed by atoms with E-state index in [9.17, 15) is 9.90 Å². The molecule has 3 aromatic rings. The van der Waals surface area contributed by atoms with E-state index < -0.39 is 0 Å². The first-order valence-electron chi connectivity index (χ1n) is 13.2. The highest BCUT2D eigenvalue weighted by Gasteiger charge is 2.21. The zero-order valence-corrected chi connectivity index (χ0v) is 21.6. The predicted molar refractivity (Wildman–Crippen MR) is 147 cm³/mol. The van der Waals surface area contributed by atoms with Gasteiger partial charge in [-0.15, -0.1) is 0 Å². The van der Waals surface area contributed by atoms with E-state index in [0.29, 0.717) is 11.6 Å². The molecule has 1 amide bonds. The maximum Gasteiger partial charge on any atom is 0.259 e. The van der Waals surface area contributed by atoms with E-state index in [1.165, 1.54) is 12.8 Å². The lowest BCUT2D eigenvalue weighted by Gasteiger charge is -2.30. The molecule has 194 valence electrons. The van der Waals surface area contributed by atoms with Gasteiger partial charge in [0.05, 0.1) is 5.56 Å². The molecule has 2 aromatic carbocycles. The van der Waals surface area contributed by atoms with Crippen LogP contribution >= 0.6 is 0 Å². The van der Waals surface area contributed by atoms with E-state index in [-0.39, 0.29) is 17.2 Å². The summed E-state index contributed by atoms with van der Waals surface area (Å²) < 4.78 is 0. The Hall–Kier alpha value is -3.88. The summed E-state index contributed by atoms with van der Waals surface area (Å²) in [6.45, 7) is 7.70. The number of rotatable bonds is 6. The largest absolute Gasteiger partial charge is 0.507 e. The van der Waals surface area contributed by atoms with Crippen LogP contribution in [0.5, 0.6) is 5.75 Å². The lowest BCUT2D eigenvalue weighted by Crippen LogP contribution is -2.34. The summed E-state index contributed by atoms with van der Waals surface area (Å²) in [7, 11) is 0. The molecular formula is C28H35N7O2. The van der Waals surface area contributed by atoms with E-state index in [1.807, 2.05) is 32.0 Å². The highest BCUT2D eigenvalue weighted by molar-refractivity contribution is 6.06. The predicted octanol–water partition coefficient (Wildman–Crippen LogP) is 5.17. The van der Waals surface area contributed by atoms with Gasteiger partial charge in [-0.05, 0) is 93.8 Å². The standard InChI is InChI=1S/C28H35N7O2/c1-19-9-11-22(24(36)17-19)25(37)29-21-10-12-23(20(2)18-21)30-26-31-27(34-13-5-3-6-14-34)33-28(32-26)35-15-7-4-8-16-35/h9-12,17-18,36H,3-8,13-16H2,1-2H3,(H,29,37)(H,30,31,32,33). The Kier molecular flexibility index (Phi) is 7.39. The van der Waals surface area contributed by atoms with E-state index in [0.717, 1.165) is 80.6 Å². The average molecular weight is 502 g/mol. The fraction of sp³-hybridized carbons (Fsp3) is 0.429. The Labute approximate surface area is 218 Å². The number of hydrogen-bond donors (Lipinski definition) is 3. The lowest BCUT2D eigenvalue weighted by atomic mass is 10.1. The Morgan fingerprint density at radius 2 is 1.43 bits per heavy atom. The Balaban J connectivity index is 1.36. The number of benzene rings is 2. The number of phenols is 1. The molecule has 9 nitrogen and oxygen atoms in total. The quantitative estimate of drug-likeness (QED) is 0.425. The van der Waals surface area contributed by atoms with Gasteiger partial charge in [0.1, 0.15) is 5.75 Å². The van der Waals surface area contributed by atoms with Gasteiger partial charge in [-0.25, -0.2) is 0 Å². The van der Waals surface area contributed by atoms with Crippen LogP contribution in [-0.2, 0) is 0 Å². The molecule has 0 saturated carbocycles. The molecule has 3 N–H and O–H groups in total. The van der Waals surface area contributed by atoms with Crippen LogP contribution in [0.3, 0.4) is 0 Å². The molecule has 2 aliphatic rings. The minimum Gasteiger partial charge on any atom is -0.507 e. The normalized spacial score (nSPS) is 15.9. The number of phenolic OH excluding ortho intramolecular Hbond substituents is 1. The second kappa shape index (κ2) is 11.0. The number of anilines is 5. The third-order valence-electron chi connectivity index (χ3n) is 7.02. The van der Waals surface area contributed by atoms with Gasteiger partial charge < -0.3 is 25.5 Å². The summed E-state index contributed by atoms with van der Waals surface area (Å²) in [5, 5.41) is 16.4. The number of nitrogens with zero attached hydrogens (tertiary/aromatic N) is 5. The molecule has 0 radical (unpaired) electrons. The highest BCUT2D eigenvalue weighted by atomic mass is 16.3. The zero-order chi connectivity index (χ0) is 25.8. The van der Waals surface area contributed by atoms with E-state index in [1.54, 1.807) is 18.2 Å². The second-order valence-corrected chi connectivity index (χ2v) is 9.98. The smallest absolute Gasteiger partial charge is 0.259 e. The van der Waals surface area contributed by atoms with Crippen LogP contribution in [0.15, 0.2) is 36.4 Å². The first-order valence-corrected chi connectivity index (χ1v) is 13.2. The second-order valence-electron chi connectivity index (χ2n) is 9.98. The van der Waals surface area contributed by atoms with Crippen LogP contribution in [-0.4, -0.2) is 52.1 Å². The number of aryl methyl sites for hydroxylation is 2. The summed E-state index contributed by atoms with van der Waals surface area (Å²) >= 11 is 0. The van der Waals surface area contributed by atoms with Gasteiger partial charge in [0.15, 0.2) is 0 Å². The van der Waals surface area contributed by atoms with Crippen LogP contribution in [0, 0.1) is 13.8 Å². The Bertz CT molecular complexity index is 1230. The summed E-state index contributed by atoms with van der Waals surface area (Å²) in [4.78, 5) is 31.6. The number of carbonyl (C=O) groups is 1. The molecule has 1 aromatic heterocycles. The van der Waals surface area contributed by atoms with Crippen molar-refractivity contribution in [3.63, 3.8) is 0 Å². The van der Waals surface area contributed by atoms with Gasteiger partial charge in [0.25, 0.3) is 5.91 Å². The van der Waals surface area contributed by atoms with Crippen molar-refractivity contribution in [3.05, 3.63) is 53.1 Å². The third kappa shape index (κ3) is 5.93. The summed E-state index contributed by atoms with van der Waals surface area (Å²) in [5.74, 6) is 1.61. The summed E-state index contributed by atoms with van der Waals surface area (Å²) in [6, 6.07) is 10.6. The monoisotopic (exact) mass is 501 g/mol. The number of piperidine rings is 2. The number of hydrogen-bond acceptors (Lipinski definition) is 8. The fourth-order valence-corrected chi connectivity index (χ4v) is 4.91. The molecule has 0 spiro atoms. The molecule has 2 saturated heterocycles. The van der Waals surface area contributed by atoms with Crippen molar-refractivity contribution in [1.29, 1.82) is 0 Å². The highest BCUT2D eigenvalue weighted by Crippen LogP contribution is 2.27. The molecule has 0 aliphatic carbocycles. The molecule has 2 aliphatic heterocycles. The minimum atomic E-state index is -0.354. The number of amides is 1. The first-order chi connectivity index (χ1) is 18.0. The van der Waals surface area contributed by atoms with Crippen LogP contribution < -0.4 is 20.4 Å². The Morgan fingerprint density at radius 1 is 0.811 bits per heavy atom. The molecule has 3 heterocycles. The van der Waals surface area contributed by atoms with Crippen LogP contribution in [0.1, 0.15) is 60.0 Å². The summed E-state index contributed by atoms with van der Waals surface area (Å²) in [5.41, 5.74) is 3.57. The van der Waals surface area contributed by atoms with E-state index in [4.69, 9.17) is 15.0 Å². The topological polar surface area (TPSA) is 107 Å². The van der Waals surface area contributed by atoms with Gasteiger partial charge in [0, 0.05) is 37.6 Å². The van der Waals surface area contributed by atoms with Crippen molar-refractivity contribution in [2.24, 2.45) is 0 Å². The number of carbonyl (C=O) groups excluding carboxylic acids is 1. The fourth-order valence-electron chi connectivity index (χ4n) is 4.91. The van der Waals surface area contributed by atoms with Crippen molar-refractivity contribution < 1.29 is 9.90 Å². The van der Waals surface area contributed by atoms with Crippen molar-refractivity contribution in [3.8, 4) is 5.75 Å². The van der Waals surface area contributed by atoms with E-state index in [2.05, 4.69) is 20.4 Å². The van der Waals surface area contributed by atoms with Gasteiger partial charge in [0.2, 0.25) is 17.8 Å². The number of aromatic hydroxyl groups is 1. The minimum absolute atomic E-state index is 0.0311. The summed E-state index contributed by atoms with van der Waals surface area (Å²) in [6.07, 6.45) is 7.11. The van der Waals surface area contributed by atoms with Gasteiger partial charge in [-0.2, -0.15) is 15.0 Å². The maximum atomic E-state index is 12.7. The van der Waals surface area contributed by atoms with Gasteiger partial charge in [-0.3, -0.25) is 4.79 Å². The molecule has 0 atom stereocenters. The Morgan fingerprint density at radius 3 is 2.00 bits per heavy atom. The maximum absolute atomic E-state index is 12.7. The average Bonchev–Trinajstić information content (AvgIpc) is 2.91. The van der Waals surface area contributed by atoms with Gasteiger partial charge >= 0.3 is 0 Å².